The summed E-state index contributed by atoms with van der Waals surface area (Å²) in [6.45, 7) is 4.15. The molecule has 0 aliphatic carbocycles. The van der Waals surface area contributed by atoms with E-state index in [9.17, 15) is 14.9 Å². The van der Waals surface area contributed by atoms with Gasteiger partial charge in [-0.3, -0.25) is 24.8 Å². The Morgan fingerprint density at radius 1 is 1.21 bits per heavy atom. The van der Waals surface area contributed by atoms with Gasteiger partial charge in [0.2, 0.25) is 0 Å². The molecule has 9 heteroatoms. The standard InChI is InChI=1S/C20H16N4O4S/c1-12-6-8-16-18(13(12)2)22-20(29-16)23(11-14-5-3-4-10-21-14)19(25)15-7-9-17(28-15)24(26)27/h3-10H,11H2,1-2H3. The van der Waals surface area contributed by atoms with Crippen molar-refractivity contribution in [3.05, 3.63) is 81.4 Å². The van der Waals surface area contributed by atoms with Crippen LogP contribution in [0.25, 0.3) is 10.2 Å². The van der Waals surface area contributed by atoms with Crippen LogP contribution in [0, 0.1) is 24.0 Å². The van der Waals surface area contributed by atoms with Crippen LogP contribution in [0.15, 0.2) is 53.1 Å². The maximum absolute atomic E-state index is 13.2. The fourth-order valence-electron chi connectivity index (χ4n) is 2.88. The highest BCUT2D eigenvalue weighted by molar-refractivity contribution is 7.22. The highest BCUT2D eigenvalue weighted by Crippen LogP contribution is 2.33. The summed E-state index contributed by atoms with van der Waals surface area (Å²) in [5.74, 6) is -1.13. The third-order valence-corrected chi connectivity index (χ3v) is 5.62. The second-order valence-corrected chi connectivity index (χ2v) is 7.47. The van der Waals surface area contributed by atoms with E-state index in [1.54, 1.807) is 18.3 Å². The van der Waals surface area contributed by atoms with E-state index in [4.69, 9.17) is 4.42 Å². The van der Waals surface area contributed by atoms with E-state index in [2.05, 4.69) is 9.97 Å². The normalized spacial score (nSPS) is 11.0. The summed E-state index contributed by atoms with van der Waals surface area (Å²) in [7, 11) is 0. The first kappa shape index (κ1) is 18.8. The summed E-state index contributed by atoms with van der Waals surface area (Å²) >= 11 is 1.37. The average molecular weight is 408 g/mol. The number of rotatable bonds is 5. The van der Waals surface area contributed by atoms with Crippen molar-refractivity contribution in [1.29, 1.82) is 0 Å². The number of amides is 1. The Kier molecular flexibility index (Phi) is 4.81. The van der Waals surface area contributed by atoms with Gasteiger partial charge in [-0.2, -0.15) is 0 Å². The third kappa shape index (κ3) is 3.59. The lowest BCUT2D eigenvalue weighted by molar-refractivity contribution is -0.402. The minimum absolute atomic E-state index is 0.125. The zero-order valence-corrected chi connectivity index (χ0v) is 16.5. The Morgan fingerprint density at radius 2 is 2.03 bits per heavy atom. The Hall–Kier alpha value is -3.59. The lowest BCUT2D eigenvalue weighted by atomic mass is 10.1. The van der Waals surface area contributed by atoms with E-state index in [-0.39, 0.29) is 12.3 Å². The lowest BCUT2D eigenvalue weighted by Gasteiger charge is -2.18. The number of carbonyl (C=O) groups is 1. The predicted molar refractivity (Wildman–Crippen MR) is 109 cm³/mol. The van der Waals surface area contributed by atoms with Crippen molar-refractivity contribution in [3.8, 4) is 0 Å². The number of pyridine rings is 1. The molecular formula is C20H16N4O4S. The maximum Gasteiger partial charge on any atom is 0.433 e. The molecule has 0 atom stereocenters. The van der Waals surface area contributed by atoms with Crippen molar-refractivity contribution >= 4 is 38.5 Å². The zero-order valence-electron chi connectivity index (χ0n) is 15.7. The molecule has 0 saturated heterocycles. The second-order valence-electron chi connectivity index (χ2n) is 6.46. The molecule has 4 aromatic rings. The van der Waals surface area contributed by atoms with E-state index in [0.29, 0.717) is 10.8 Å². The maximum atomic E-state index is 13.2. The van der Waals surface area contributed by atoms with Gasteiger partial charge in [0, 0.05) is 6.20 Å². The first-order valence-electron chi connectivity index (χ1n) is 8.77. The Balaban J connectivity index is 1.78. The molecule has 0 bridgehead atoms. The minimum Gasteiger partial charge on any atom is -0.395 e. The molecule has 8 nitrogen and oxygen atoms in total. The van der Waals surface area contributed by atoms with Crippen molar-refractivity contribution in [2.75, 3.05) is 4.90 Å². The summed E-state index contributed by atoms with van der Waals surface area (Å²) in [5, 5.41) is 11.4. The molecule has 4 rings (SSSR count). The van der Waals surface area contributed by atoms with Gasteiger partial charge >= 0.3 is 5.88 Å². The highest BCUT2D eigenvalue weighted by atomic mass is 32.1. The number of aromatic nitrogens is 2. The SMILES string of the molecule is Cc1ccc2sc(N(Cc3ccccn3)C(=O)c3ccc([N+](=O)[O-])o3)nc2c1C. The molecule has 1 amide bonds. The van der Waals surface area contributed by atoms with Crippen LogP contribution in [0.5, 0.6) is 0 Å². The van der Waals surface area contributed by atoms with Gasteiger partial charge in [0.15, 0.2) is 10.9 Å². The van der Waals surface area contributed by atoms with Crippen LogP contribution in [-0.4, -0.2) is 20.8 Å². The van der Waals surface area contributed by atoms with Crippen molar-refractivity contribution < 1.29 is 14.1 Å². The number of fused-ring (bicyclic) bond motifs is 1. The summed E-state index contributed by atoms with van der Waals surface area (Å²) < 4.78 is 6.08. The van der Waals surface area contributed by atoms with Gasteiger partial charge in [-0.25, -0.2) is 4.98 Å². The number of aryl methyl sites for hydroxylation is 2. The van der Waals surface area contributed by atoms with Gasteiger partial charge in [-0.1, -0.05) is 23.5 Å². The van der Waals surface area contributed by atoms with Crippen molar-refractivity contribution in [3.63, 3.8) is 0 Å². The zero-order chi connectivity index (χ0) is 20.5. The van der Waals surface area contributed by atoms with E-state index in [1.807, 2.05) is 32.0 Å². The van der Waals surface area contributed by atoms with Gasteiger partial charge in [0.1, 0.15) is 4.92 Å². The molecule has 0 N–H and O–H groups in total. The molecule has 0 spiro atoms. The Labute approximate surface area is 169 Å². The fraction of sp³-hybridized carbons (Fsp3) is 0.150. The monoisotopic (exact) mass is 408 g/mol. The summed E-state index contributed by atoms with van der Waals surface area (Å²) in [6, 6.07) is 11.9. The van der Waals surface area contributed by atoms with Crippen molar-refractivity contribution in [1.82, 2.24) is 9.97 Å². The molecule has 0 unspecified atom stereocenters. The van der Waals surface area contributed by atoms with E-state index >= 15 is 0 Å². The quantitative estimate of drug-likeness (QED) is 0.352. The van der Waals surface area contributed by atoms with Gasteiger partial charge < -0.3 is 4.42 Å². The number of anilines is 1. The van der Waals surface area contributed by atoms with Crippen LogP contribution >= 0.6 is 11.3 Å². The summed E-state index contributed by atoms with van der Waals surface area (Å²) in [4.78, 5) is 33.8. The lowest BCUT2D eigenvalue weighted by Crippen LogP contribution is -2.30. The van der Waals surface area contributed by atoms with Crippen LogP contribution in [0.4, 0.5) is 11.0 Å². The van der Waals surface area contributed by atoms with Gasteiger partial charge in [0.25, 0.3) is 5.91 Å². The van der Waals surface area contributed by atoms with E-state index in [0.717, 1.165) is 27.4 Å². The molecule has 3 heterocycles. The first-order chi connectivity index (χ1) is 13.9. The van der Waals surface area contributed by atoms with Crippen LogP contribution in [0.3, 0.4) is 0 Å². The highest BCUT2D eigenvalue weighted by Gasteiger charge is 2.27. The van der Waals surface area contributed by atoms with Crippen LogP contribution in [0.2, 0.25) is 0 Å². The molecule has 0 aliphatic rings. The molecule has 3 aromatic heterocycles. The van der Waals surface area contributed by atoms with Gasteiger partial charge in [-0.15, -0.1) is 0 Å². The molecule has 0 aliphatic heterocycles. The Bertz CT molecular complexity index is 1220. The number of thiazole rings is 1. The largest absolute Gasteiger partial charge is 0.433 e. The Morgan fingerprint density at radius 3 is 2.72 bits per heavy atom. The fourth-order valence-corrected chi connectivity index (χ4v) is 3.91. The smallest absolute Gasteiger partial charge is 0.395 e. The molecule has 146 valence electrons. The molecule has 29 heavy (non-hydrogen) atoms. The van der Waals surface area contributed by atoms with E-state index in [1.165, 1.54) is 22.3 Å². The topological polar surface area (TPSA) is 102 Å². The number of nitrogens with zero attached hydrogens (tertiary/aromatic N) is 4. The second kappa shape index (κ2) is 7.44. The molecular weight excluding hydrogens is 392 g/mol. The number of benzene rings is 1. The van der Waals surface area contributed by atoms with Crippen molar-refractivity contribution in [2.24, 2.45) is 0 Å². The van der Waals surface area contributed by atoms with Crippen LogP contribution in [0.1, 0.15) is 27.4 Å². The van der Waals surface area contributed by atoms with Gasteiger partial charge in [0.05, 0.1) is 28.5 Å². The number of hydrogen-bond donors (Lipinski definition) is 0. The van der Waals surface area contributed by atoms with Crippen LogP contribution in [-0.2, 0) is 6.54 Å². The third-order valence-electron chi connectivity index (χ3n) is 4.58. The minimum atomic E-state index is -0.677. The van der Waals surface area contributed by atoms with Crippen molar-refractivity contribution in [2.45, 2.75) is 20.4 Å². The first-order valence-corrected chi connectivity index (χ1v) is 9.58. The van der Waals surface area contributed by atoms with Crippen LogP contribution < -0.4 is 4.90 Å². The molecule has 0 radical (unpaired) electrons. The summed E-state index contributed by atoms with van der Waals surface area (Å²) in [5.41, 5.74) is 3.64. The number of nitro groups is 1. The average Bonchev–Trinajstić information content (AvgIpc) is 3.37. The molecule has 0 saturated carbocycles. The number of carbonyl (C=O) groups excluding carboxylic acids is 1. The van der Waals surface area contributed by atoms with Gasteiger partial charge in [-0.05, 0) is 49.2 Å². The molecule has 1 aromatic carbocycles. The predicted octanol–water partition coefficient (Wildman–Crippen LogP) is 4.66. The number of hydrogen-bond acceptors (Lipinski definition) is 7. The van der Waals surface area contributed by atoms with E-state index < -0.39 is 16.7 Å². The number of furan rings is 1. The summed E-state index contributed by atoms with van der Waals surface area (Å²) in [6.07, 6.45) is 1.64. The molecule has 0 fully saturated rings.